The van der Waals surface area contributed by atoms with Crippen molar-refractivity contribution in [1.82, 2.24) is 9.97 Å². The van der Waals surface area contributed by atoms with E-state index in [4.69, 9.17) is 0 Å². The van der Waals surface area contributed by atoms with Gasteiger partial charge in [-0.15, -0.1) is 0 Å². The van der Waals surface area contributed by atoms with Crippen molar-refractivity contribution in [3.63, 3.8) is 0 Å². The lowest BCUT2D eigenvalue weighted by atomic mass is 10.3. The van der Waals surface area contributed by atoms with Gasteiger partial charge in [0, 0.05) is 12.3 Å². The van der Waals surface area contributed by atoms with E-state index in [0.717, 1.165) is 16.8 Å². The first-order valence-corrected chi connectivity index (χ1v) is 6.46. The zero-order chi connectivity index (χ0) is 14.1. The van der Waals surface area contributed by atoms with E-state index >= 15 is 0 Å². The number of carbonyl (C=O) groups excluding carboxylic acids is 1. The molecular formula is C13H8FN3O2S. The van der Waals surface area contributed by atoms with Crippen LogP contribution in [0.3, 0.4) is 0 Å². The first-order valence-electron chi connectivity index (χ1n) is 5.64. The second kappa shape index (κ2) is 4.86. The largest absolute Gasteiger partial charge is 0.508 e. The van der Waals surface area contributed by atoms with Crippen LogP contribution in [0.15, 0.2) is 36.5 Å². The number of amides is 1. The number of hydrogen-bond acceptors (Lipinski definition) is 5. The van der Waals surface area contributed by atoms with Gasteiger partial charge in [0.25, 0.3) is 5.91 Å². The quantitative estimate of drug-likeness (QED) is 0.760. The molecule has 0 unspecified atom stereocenters. The minimum atomic E-state index is -0.534. The Balaban J connectivity index is 1.87. The number of thiazole rings is 1. The van der Waals surface area contributed by atoms with Crippen LogP contribution in [-0.2, 0) is 0 Å². The molecule has 20 heavy (non-hydrogen) atoms. The van der Waals surface area contributed by atoms with Gasteiger partial charge in [-0.3, -0.25) is 15.1 Å². The third-order valence-corrected chi connectivity index (χ3v) is 3.48. The normalized spacial score (nSPS) is 10.7. The van der Waals surface area contributed by atoms with Crippen LogP contribution in [0.5, 0.6) is 5.75 Å². The number of hydrogen-bond donors (Lipinski definition) is 2. The summed E-state index contributed by atoms with van der Waals surface area (Å²) in [6.07, 6.45) is 1.22. The second-order valence-electron chi connectivity index (χ2n) is 3.98. The Morgan fingerprint density at radius 2 is 2.15 bits per heavy atom. The molecular weight excluding hydrogens is 281 g/mol. The molecule has 0 radical (unpaired) electrons. The molecule has 0 aliphatic carbocycles. The average Bonchev–Trinajstić information content (AvgIpc) is 2.80. The standard InChI is InChI=1S/C13H8FN3O2S/c14-7-3-4-15-10(5-7)12(19)17-13-16-9-2-1-8(18)6-11(9)20-13/h1-6,18H,(H,16,17,19). The third kappa shape index (κ3) is 2.43. The molecule has 5 nitrogen and oxygen atoms in total. The topological polar surface area (TPSA) is 75.1 Å². The lowest BCUT2D eigenvalue weighted by molar-refractivity contribution is 0.102. The zero-order valence-corrected chi connectivity index (χ0v) is 10.8. The van der Waals surface area contributed by atoms with Crippen LogP contribution in [0, 0.1) is 5.82 Å². The van der Waals surface area contributed by atoms with E-state index in [1.54, 1.807) is 12.1 Å². The molecule has 1 amide bonds. The van der Waals surface area contributed by atoms with E-state index in [1.165, 1.54) is 23.6 Å². The van der Waals surface area contributed by atoms with Crippen molar-refractivity contribution in [2.24, 2.45) is 0 Å². The highest BCUT2D eigenvalue weighted by Crippen LogP contribution is 2.28. The lowest BCUT2D eigenvalue weighted by Gasteiger charge is -2.00. The molecule has 0 bridgehead atoms. The number of aromatic hydroxyl groups is 1. The van der Waals surface area contributed by atoms with Crippen LogP contribution in [0.4, 0.5) is 9.52 Å². The summed E-state index contributed by atoms with van der Waals surface area (Å²) in [6, 6.07) is 6.94. The number of carbonyl (C=O) groups is 1. The lowest BCUT2D eigenvalue weighted by Crippen LogP contribution is -2.13. The summed E-state index contributed by atoms with van der Waals surface area (Å²) in [5.41, 5.74) is 0.641. The highest BCUT2D eigenvalue weighted by atomic mass is 32.1. The molecule has 0 aliphatic rings. The molecule has 7 heteroatoms. The van der Waals surface area contributed by atoms with Crippen LogP contribution >= 0.6 is 11.3 Å². The van der Waals surface area contributed by atoms with E-state index in [0.29, 0.717) is 10.6 Å². The maximum absolute atomic E-state index is 13.0. The van der Waals surface area contributed by atoms with Gasteiger partial charge in [0.2, 0.25) is 0 Å². The molecule has 2 N–H and O–H groups in total. The van der Waals surface area contributed by atoms with Gasteiger partial charge in [-0.05, 0) is 24.3 Å². The fourth-order valence-electron chi connectivity index (χ4n) is 1.66. The molecule has 3 rings (SSSR count). The van der Waals surface area contributed by atoms with Crippen molar-refractivity contribution in [3.05, 3.63) is 48.0 Å². The Morgan fingerprint density at radius 3 is 2.95 bits per heavy atom. The van der Waals surface area contributed by atoms with Gasteiger partial charge >= 0.3 is 0 Å². The summed E-state index contributed by atoms with van der Waals surface area (Å²) in [5.74, 6) is -0.932. The molecule has 2 heterocycles. The number of pyridine rings is 1. The fourth-order valence-corrected chi connectivity index (χ4v) is 2.55. The minimum absolute atomic E-state index is 0.0212. The number of phenolic OH excluding ortho intramolecular Hbond substituents is 1. The fraction of sp³-hybridized carbons (Fsp3) is 0. The van der Waals surface area contributed by atoms with E-state index in [9.17, 15) is 14.3 Å². The number of nitrogens with one attached hydrogen (secondary N) is 1. The average molecular weight is 289 g/mol. The first-order chi connectivity index (χ1) is 9.61. The Morgan fingerprint density at radius 1 is 1.30 bits per heavy atom. The van der Waals surface area contributed by atoms with Crippen molar-refractivity contribution in [3.8, 4) is 5.75 Å². The summed E-state index contributed by atoms with van der Waals surface area (Å²) >= 11 is 1.21. The maximum atomic E-state index is 13.0. The molecule has 0 aliphatic heterocycles. The Labute approximate surface area is 116 Å². The SMILES string of the molecule is O=C(Nc1nc2ccc(O)cc2s1)c1cc(F)ccn1. The van der Waals surface area contributed by atoms with Gasteiger partial charge in [0.15, 0.2) is 5.13 Å². The van der Waals surface area contributed by atoms with Gasteiger partial charge in [-0.25, -0.2) is 9.37 Å². The number of fused-ring (bicyclic) bond motifs is 1. The molecule has 0 fully saturated rings. The molecule has 2 aromatic heterocycles. The van der Waals surface area contributed by atoms with Gasteiger partial charge < -0.3 is 5.11 Å². The molecule has 3 aromatic rings. The van der Waals surface area contributed by atoms with Crippen molar-refractivity contribution < 1.29 is 14.3 Å². The van der Waals surface area contributed by atoms with E-state index in [2.05, 4.69) is 15.3 Å². The first kappa shape index (κ1) is 12.5. The summed E-state index contributed by atoms with van der Waals surface area (Å²) in [5, 5.41) is 12.3. The number of benzene rings is 1. The van der Waals surface area contributed by atoms with Crippen LogP contribution in [0.25, 0.3) is 10.2 Å². The molecule has 0 saturated heterocycles. The number of halogens is 1. The third-order valence-electron chi connectivity index (χ3n) is 2.55. The number of anilines is 1. The molecule has 1 aromatic carbocycles. The van der Waals surface area contributed by atoms with E-state index < -0.39 is 11.7 Å². The molecule has 0 saturated carbocycles. The second-order valence-corrected chi connectivity index (χ2v) is 5.02. The van der Waals surface area contributed by atoms with Crippen LogP contribution in [0.2, 0.25) is 0 Å². The number of nitrogens with zero attached hydrogens (tertiary/aromatic N) is 2. The predicted molar refractivity (Wildman–Crippen MR) is 73.4 cm³/mol. The Bertz CT molecular complexity index is 803. The molecule has 0 spiro atoms. The van der Waals surface area contributed by atoms with Gasteiger partial charge in [-0.2, -0.15) is 0 Å². The molecule has 0 atom stereocenters. The number of aromatic nitrogens is 2. The van der Waals surface area contributed by atoms with Crippen molar-refractivity contribution >= 4 is 32.6 Å². The van der Waals surface area contributed by atoms with Crippen LogP contribution in [-0.4, -0.2) is 21.0 Å². The van der Waals surface area contributed by atoms with E-state index in [1.807, 2.05) is 0 Å². The Kier molecular flexibility index (Phi) is 3.03. The van der Waals surface area contributed by atoms with E-state index in [-0.39, 0.29) is 11.4 Å². The summed E-state index contributed by atoms with van der Waals surface area (Å²) in [7, 11) is 0. The monoisotopic (exact) mass is 289 g/mol. The highest BCUT2D eigenvalue weighted by Gasteiger charge is 2.12. The van der Waals surface area contributed by atoms with Crippen molar-refractivity contribution in [2.45, 2.75) is 0 Å². The maximum Gasteiger partial charge on any atom is 0.276 e. The number of phenols is 1. The summed E-state index contributed by atoms with van der Waals surface area (Å²) in [4.78, 5) is 19.9. The van der Waals surface area contributed by atoms with Gasteiger partial charge in [-0.1, -0.05) is 11.3 Å². The van der Waals surface area contributed by atoms with Crippen LogP contribution in [0.1, 0.15) is 10.5 Å². The summed E-state index contributed by atoms with van der Waals surface area (Å²) < 4.78 is 13.8. The van der Waals surface area contributed by atoms with Gasteiger partial charge in [0.1, 0.15) is 17.3 Å². The highest BCUT2D eigenvalue weighted by molar-refractivity contribution is 7.22. The zero-order valence-electron chi connectivity index (χ0n) is 10.0. The number of rotatable bonds is 2. The van der Waals surface area contributed by atoms with Gasteiger partial charge in [0.05, 0.1) is 10.2 Å². The molecule has 100 valence electrons. The minimum Gasteiger partial charge on any atom is -0.508 e. The Hall–Kier alpha value is -2.54. The smallest absolute Gasteiger partial charge is 0.276 e. The predicted octanol–water partition coefficient (Wildman–Crippen LogP) is 2.79. The van der Waals surface area contributed by atoms with Crippen molar-refractivity contribution in [2.75, 3.05) is 5.32 Å². The summed E-state index contributed by atoms with van der Waals surface area (Å²) in [6.45, 7) is 0. The van der Waals surface area contributed by atoms with Crippen LogP contribution < -0.4 is 5.32 Å². The van der Waals surface area contributed by atoms with Crippen molar-refractivity contribution in [1.29, 1.82) is 0 Å².